The Kier molecular flexibility index (Phi) is 9.37. The number of allylic oxidation sites excluding steroid dienone is 1. The maximum atomic E-state index is 13.0. The number of cyclic esters (lactones) is 1. The molecule has 0 bridgehead atoms. The van der Waals surface area contributed by atoms with Gasteiger partial charge in [-0.2, -0.15) is 0 Å². The number of benzene rings is 1. The van der Waals surface area contributed by atoms with Crippen molar-refractivity contribution < 1.29 is 34.1 Å². The Hall–Kier alpha value is -3.03. The summed E-state index contributed by atoms with van der Waals surface area (Å²) in [4.78, 5) is 29.4. The average molecular weight is 434 g/mol. The fourth-order valence-corrected chi connectivity index (χ4v) is 3.26. The molecule has 0 aromatic heterocycles. The van der Waals surface area contributed by atoms with Gasteiger partial charge in [0.2, 0.25) is 6.61 Å². The van der Waals surface area contributed by atoms with Crippen LogP contribution in [0.15, 0.2) is 29.4 Å². The van der Waals surface area contributed by atoms with E-state index in [9.17, 15) is 19.8 Å². The normalized spacial score (nSPS) is 20.5. The van der Waals surface area contributed by atoms with Gasteiger partial charge in [0.15, 0.2) is 0 Å². The highest BCUT2D eigenvalue weighted by atomic mass is 16.6. The Balaban J connectivity index is 2.39. The molecule has 1 atom stereocenters. The van der Waals surface area contributed by atoms with E-state index < -0.39 is 11.9 Å². The summed E-state index contributed by atoms with van der Waals surface area (Å²) in [7, 11) is 1.26. The van der Waals surface area contributed by atoms with Gasteiger partial charge in [-0.1, -0.05) is 31.2 Å². The molecular formula is C23H31NO7. The van der Waals surface area contributed by atoms with E-state index in [1.807, 2.05) is 19.9 Å². The van der Waals surface area contributed by atoms with Crippen molar-refractivity contribution in [1.29, 1.82) is 0 Å². The lowest BCUT2D eigenvalue weighted by atomic mass is 9.97. The van der Waals surface area contributed by atoms with E-state index in [1.54, 1.807) is 0 Å². The number of oxime groups is 1. The minimum atomic E-state index is -0.661. The van der Waals surface area contributed by atoms with Crippen LogP contribution < -0.4 is 0 Å². The monoisotopic (exact) mass is 433 g/mol. The largest absolute Gasteiger partial charge is 0.508 e. The molecule has 1 aromatic carbocycles. The van der Waals surface area contributed by atoms with Crippen LogP contribution in [-0.4, -0.2) is 47.7 Å². The maximum absolute atomic E-state index is 13.0. The Morgan fingerprint density at radius 2 is 2.03 bits per heavy atom. The molecule has 0 spiro atoms. The summed E-state index contributed by atoms with van der Waals surface area (Å²) in [5.74, 6) is -1.67. The average Bonchev–Trinajstić information content (AvgIpc) is 2.70. The molecule has 1 aromatic rings. The molecule has 0 amide bonds. The molecule has 1 heterocycles. The van der Waals surface area contributed by atoms with Crippen molar-refractivity contribution in [3.63, 3.8) is 0 Å². The van der Waals surface area contributed by atoms with Gasteiger partial charge in [0.25, 0.3) is 0 Å². The third-order valence-electron chi connectivity index (χ3n) is 5.01. The number of nitrogens with zero attached hydrogens (tertiary/aromatic N) is 1. The molecule has 8 nitrogen and oxygen atoms in total. The molecule has 0 fully saturated rings. The Morgan fingerprint density at radius 1 is 1.26 bits per heavy atom. The van der Waals surface area contributed by atoms with Gasteiger partial charge < -0.3 is 24.5 Å². The Morgan fingerprint density at radius 3 is 2.74 bits per heavy atom. The van der Waals surface area contributed by atoms with Crippen LogP contribution in [0.5, 0.6) is 11.5 Å². The van der Waals surface area contributed by atoms with E-state index in [2.05, 4.69) is 16.0 Å². The van der Waals surface area contributed by atoms with Crippen LogP contribution in [-0.2, 0) is 25.5 Å². The van der Waals surface area contributed by atoms with Gasteiger partial charge in [0, 0.05) is 18.9 Å². The third kappa shape index (κ3) is 7.62. The minimum Gasteiger partial charge on any atom is -0.508 e. The van der Waals surface area contributed by atoms with E-state index in [0.29, 0.717) is 24.1 Å². The highest BCUT2D eigenvalue weighted by molar-refractivity contribution is 5.97. The molecule has 31 heavy (non-hydrogen) atoms. The standard InChI is InChI=1S/C23H31NO7/c1-15(2)20-10-8-6-4-5-7-9-17(24-30-14-21(27)29-3)11-16-12-18(25)13-19(26)22(16)23(28)31-20/h6,8,12-13,15,20,25-26H,4-5,7,9-11,14H2,1-3H3/b8-6+,24-17?/t20-/m0/s1. The zero-order valence-corrected chi connectivity index (χ0v) is 18.3. The second-order valence-corrected chi connectivity index (χ2v) is 7.82. The van der Waals surface area contributed by atoms with Crippen molar-refractivity contribution in [2.45, 2.75) is 58.5 Å². The molecule has 8 heteroatoms. The molecule has 1 aliphatic rings. The first kappa shape index (κ1) is 24.2. The maximum Gasteiger partial charge on any atom is 0.346 e. The van der Waals surface area contributed by atoms with Gasteiger partial charge >= 0.3 is 11.9 Å². The van der Waals surface area contributed by atoms with E-state index in [4.69, 9.17) is 9.57 Å². The van der Waals surface area contributed by atoms with Crippen molar-refractivity contribution >= 4 is 17.7 Å². The Bertz CT molecular complexity index is 829. The number of aromatic hydroxyl groups is 2. The zero-order chi connectivity index (χ0) is 22.8. The quantitative estimate of drug-likeness (QED) is 0.420. The molecular weight excluding hydrogens is 402 g/mol. The van der Waals surface area contributed by atoms with Crippen molar-refractivity contribution in [2.75, 3.05) is 13.7 Å². The first-order valence-electron chi connectivity index (χ1n) is 10.5. The lowest BCUT2D eigenvalue weighted by Gasteiger charge is -2.22. The van der Waals surface area contributed by atoms with Gasteiger partial charge in [-0.15, -0.1) is 0 Å². The second kappa shape index (κ2) is 12.0. The smallest absolute Gasteiger partial charge is 0.346 e. The first-order chi connectivity index (χ1) is 14.8. The molecule has 0 aliphatic carbocycles. The summed E-state index contributed by atoms with van der Waals surface area (Å²) < 4.78 is 10.2. The van der Waals surface area contributed by atoms with Gasteiger partial charge in [0.1, 0.15) is 23.2 Å². The minimum absolute atomic E-state index is 0.00911. The van der Waals surface area contributed by atoms with Crippen molar-refractivity contribution in [3.8, 4) is 11.5 Å². The number of ether oxygens (including phenoxy) is 2. The molecule has 2 rings (SSSR count). The fraction of sp³-hybridized carbons (Fsp3) is 0.522. The number of carbonyl (C=O) groups excluding carboxylic acids is 2. The van der Waals surface area contributed by atoms with Gasteiger partial charge in [-0.05, 0) is 43.2 Å². The van der Waals surface area contributed by atoms with Crippen molar-refractivity contribution in [1.82, 2.24) is 0 Å². The van der Waals surface area contributed by atoms with Gasteiger partial charge in [0.05, 0.1) is 12.8 Å². The van der Waals surface area contributed by atoms with E-state index in [0.717, 1.165) is 25.3 Å². The molecule has 0 radical (unpaired) electrons. The molecule has 2 N–H and O–H groups in total. The summed E-state index contributed by atoms with van der Waals surface area (Å²) >= 11 is 0. The number of esters is 2. The summed E-state index contributed by atoms with van der Waals surface area (Å²) in [6.07, 6.45) is 7.67. The first-order valence-corrected chi connectivity index (χ1v) is 10.5. The predicted octanol–water partition coefficient (Wildman–Crippen LogP) is 3.89. The highest BCUT2D eigenvalue weighted by Gasteiger charge is 2.25. The van der Waals surface area contributed by atoms with E-state index in [1.165, 1.54) is 13.2 Å². The van der Waals surface area contributed by atoms with Crippen LogP contribution >= 0.6 is 0 Å². The van der Waals surface area contributed by atoms with E-state index >= 15 is 0 Å². The van der Waals surface area contributed by atoms with Gasteiger partial charge in [-0.3, -0.25) is 0 Å². The van der Waals surface area contributed by atoms with Crippen LogP contribution in [0.1, 0.15) is 61.9 Å². The van der Waals surface area contributed by atoms with Crippen LogP contribution in [0.25, 0.3) is 0 Å². The number of carbonyl (C=O) groups is 2. The molecule has 0 saturated heterocycles. The SMILES string of the molecule is COC(=O)CON=C1CCCC/C=C/C[C@@H](C(C)C)OC(=O)c2c(O)cc(O)cc2C1. The zero-order valence-electron chi connectivity index (χ0n) is 18.3. The number of rotatable bonds is 4. The van der Waals surface area contributed by atoms with Crippen LogP contribution in [0, 0.1) is 5.92 Å². The van der Waals surface area contributed by atoms with E-state index in [-0.39, 0.29) is 42.1 Å². The predicted molar refractivity (Wildman–Crippen MR) is 115 cm³/mol. The van der Waals surface area contributed by atoms with Gasteiger partial charge in [-0.25, -0.2) is 9.59 Å². The molecule has 0 unspecified atom stereocenters. The molecule has 0 saturated carbocycles. The number of hydrogen-bond donors (Lipinski definition) is 2. The van der Waals surface area contributed by atoms with Crippen LogP contribution in [0.3, 0.4) is 0 Å². The number of methoxy groups -OCH3 is 1. The second-order valence-electron chi connectivity index (χ2n) is 7.82. The summed E-state index contributed by atoms with van der Waals surface area (Å²) in [5.41, 5.74) is 0.938. The summed E-state index contributed by atoms with van der Waals surface area (Å²) in [6.45, 7) is 3.60. The Labute approximate surface area is 182 Å². The van der Waals surface area contributed by atoms with Crippen molar-refractivity contribution in [2.24, 2.45) is 11.1 Å². The molecule has 1 aliphatic heterocycles. The summed E-state index contributed by atoms with van der Waals surface area (Å²) in [5, 5.41) is 24.4. The van der Waals surface area contributed by atoms with Crippen LogP contribution in [0.4, 0.5) is 0 Å². The third-order valence-corrected chi connectivity index (χ3v) is 5.01. The van der Waals surface area contributed by atoms with Crippen molar-refractivity contribution in [3.05, 3.63) is 35.4 Å². The lowest BCUT2D eigenvalue weighted by molar-refractivity contribution is -0.145. The number of hydrogen-bond acceptors (Lipinski definition) is 8. The number of fused-ring (bicyclic) bond motifs is 1. The highest BCUT2D eigenvalue weighted by Crippen LogP contribution is 2.30. The topological polar surface area (TPSA) is 115 Å². The lowest BCUT2D eigenvalue weighted by Crippen LogP contribution is -2.24. The number of phenolic OH excluding ortho intramolecular Hbond substituents is 2. The summed E-state index contributed by atoms with van der Waals surface area (Å²) in [6, 6.07) is 2.51. The fourth-order valence-electron chi connectivity index (χ4n) is 3.26. The molecule has 170 valence electrons. The van der Waals surface area contributed by atoms with Crippen LogP contribution in [0.2, 0.25) is 0 Å². The number of phenols is 2.